The Morgan fingerprint density at radius 2 is 0.842 bits per heavy atom. The lowest BCUT2D eigenvalue weighted by molar-refractivity contribution is -0.359. The largest absolute Gasteiger partial charge is 0.394 e. The Morgan fingerprint density at radius 3 is 1.29 bits per heavy atom. The Balaban J connectivity index is 1.69. The third-order valence-corrected chi connectivity index (χ3v) is 15.3. The first-order valence-corrected chi connectivity index (χ1v) is 31.2. The first kappa shape index (κ1) is 70.3. The first-order valence-electron chi connectivity index (χ1n) is 31.2. The summed E-state index contributed by atoms with van der Waals surface area (Å²) in [4.78, 5) is 13.3. The van der Waals surface area contributed by atoms with Gasteiger partial charge in [-0.2, -0.15) is 0 Å². The summed E-state index contributed by atoms with van der Waals surface area (Å²) < 4.78 is 22.7. The minimum atomic E-state index is -1.79. The highest BCUT2D eigenvalue weighted by Crippen LogP contribution is 2.30. The van der Waals surface area contributed by atoms with E-state index in [9.17, 15) is 45.6 Å². The monoisotopic (exact) mass is 1080 g/mol. The highest BCUT2D eigenvalue weighted by molar-refractivity contribution is 5.76. The Bertz CT molecular complexity index is 1410. The SMILES string of the molecule is CCCCCC/C=C/CC/C=C/CC/C=C/C(O)C(COC1OC(CO)C(OC2OC(CO)C(O)C(O)C2O)C(O)C1O)NC(=O)CCCCCCCCCCCCCCCCCCCCCCCCCCCCCC. The van der Waals surface area contributed by atoms with E-state index in [0.29, 0.717) is 12.8 Å². The average Bonchev–Trinajstić information content (AvgIpc) is 3.42. The van der Waals surface area contributed by atoms with Crippen molar-refractivity contribution in [3.8, 4) is 0 Å². The van der Waals surface area contributed by atoms with Crippen molar-refractivity contribution in [3.05, 3.63) is 36.5 Å². The van der Waals surface area contributed by atoms with E-state index in [-0.39, 0.29) is 18.9 Å². The minimum Gasteiger partial charge on any atom is -0.394 e. The van der Waals surface area contributed by atoms with Crippen LogP contribution in [0.1, 0.15) is 258 Å². The van der Waals surface area contributed by atoms with Crippen LogP contribution in [0.5, 0.6) is 0 Å². The lowest BCUT2D eigenvalue weighted by Gasteiger charge is -2.46. The van der Waals surface area contributed by atoms with Crippen molar-refractivity contribution in [2.45, 2.75) is 331 Å². The number of hydrogen-bond acceptors (Lipinski definition) is 13. The summed E-state index contributed by atoms with van der Waals surface area (Å²) in [7, 11) is 0. The smallest absolute Gasteiger partial charge is 0.220 e. The van der Waals surface area contributed by atoms with Gasteiger partial charge in [0.05, 0.1) is 32.0 Å². The van der Waals surface area contributed by atoms with Gasteiger partial charge in [0.2, 0.25) is 5.91 Å². The zero-order valence-corrected chi connectivity index (χ0v) is 48.0. The second kappa shape index (κ2) is 48.0. The fourth-order valence-corrected chi connectivity index (χ4v) is 10.3. The molecule has 0 aromatic heterocycles. The molecule has 0 saturated carbocycles. The van der Waals surface area contributed by atoms with E-state index >= 15 is 0 Å². The molecule has 12 unspecified atom stereocenters. The van der Waals surface area contributed by atoms with E-state index in [1.54, 1.807) is 6.08 Å². The maximum Gasteiger partial charge on any atom is 0.220 e. The second-order valence-corrected chi connectivity index (χ2v) is 22.2. The van der Waals surface area contributed by atoms with Gasteiger partial charge in [-0.15, -0.1) is 0 Å². The summed E-state index contributed by atoms with van der Waals surface area (Å²) in [6, 6.07) is -0.935. The summed E-state index contributed by atoms with van der Waals surface area (Å²) in [6.07, 6.45) is 42.1. The van der Waals surface area contributed by atoms with E-state index in [4.69, 9.17) is 18.9 Å². The number of carbonyl (C=O) groups excluding carboxylic acids is 1. The molecule has 2 aliphatic heterocycles. The predicted molar refractivity (Wildman–Crippen MR) is 305 cm³/mol. The van der Waals surface area contributed by atoms with Gasteiger partial charge in [0.25, 0.3) is 0 Å². The molecule has 9 N–H and O–H groups in total. The van der Waals surface area contributed by atoms with Crippen LogP contribution >= 0.6 is 0 Å². The van der Waals surface area contributed by atoms with Crippen molar-refractivity contribution in [3.63, 3.8) is 0 Å². The fraction of sp³-hybridized carbons (Fsp3) is 0.887. The molecule has 0 aromatic rings. The third-order valence-electron chi connectivity index (χ3n) is 15.3. The zero-order valence-electron chi connectivity index (χ0n) is 48.0. The Hall–Kier alpha value is -1.79. The standard InChI is InChI=1S/C62H115NO13/c1-3-5-7-9-11-13-15-17-19-20-21-22-23-24-25-26-27-28-29-30-31-32-34-36-38-40-42-44-46-54(67)63-50(51(66)45-43-41-39-37-35-33-18-16-14-12-10-8-6-4-2)49-73-61-59(72)57(70)60(53(48-65)75-61)76-62-58(71)56(69)55(68)52(47-64)74-62/h14,16,35,37,43,45,50-53,55-62,64-66,68-72H,3-13,15,17-34,36,38-42,44,46-49H2,1-2H3,(H,63,67)/b16-14+,37-35+,45-43+. The van der Waals surface area contributed by atoms with Crippen molar-refractivity contribution in [1.29, 1.82) is 0 Å². The molecule has 76 heavy (non-hydrogen) atoms. The normalized spacial score (nSPS) is 25.1. The molecule has 1 amide bonds. The number of amides is 1. The number of allylic oxidation sites excluding steroid dienone is 5. The molecule has 2 saturated heterocycles. The highest BCUT2D eigenvalue weighted by Gasteiger charge is 2.51. The number of nitrogens with one attached hydrogen (secondary N) is 1. The topological polar surface area (TPSA) is 228 Å². The molecule has 0 spiro atoms. The van der Waals surface area contributed by atoms with Crippen LogP contribution in [0.15, 0.2) is 36.5 Å². The van der Waals surface area contributed by atoms with Crippen molar-refractivity contribution < 1.29 is 64.6 Å². The molecule has 0 aliphatic carbocycles. The van der Waals surface area contributed by atoms with Crippen LogP contribution in [0, 0.1) is 0 Å². The molecule has 2 heterocycles. The first-order chi connectivity index (χ1) is 37.1. The molecule has 2 fully saturated rings. The summed E-state index contributed by atoms with van der Waals surface area (Å²) >= 11 is 0. The van der Waals surface area contributed by atoms with Gasteiger partial charge in [-0.05, 0) is 44.9 Å². The van der Waals surface area contributed by atoms with Crippen LogP contribution < -0.4 is 5.32 Å². The number of hydrogen-bond donors (Lipinski definition) is 9. The van der Waals surface area contributed by atoms with E-state index in [1.165, 1.54) is 180 Å². The lowest BCUT2D eigenvalue weighted by atomic mass is 9.97. The molecule has 12 atom stereocenters. The summed E-state index contributed by atoms with van der Waals surface area (Å²) in [6.45, 7) is 2.77. The van der Waals surface area contributed by atoms with Crippen LogP contribution in [-0.2, 0) is 23.7 Å². The van der Waals surface area contributed by atoms with E-state index in [1.807, 2.05) is 6.08 Å². The van der Waals surface area contributed by atoms with Crippen molar-refractivity contribution in [2.75, 3.05) is 19.8 Å². The van der Waals surface area contributed by atoms with Crippen molar-refractivity contribution in [2.24, 2.45) is 0 Å². The van der Waals surface area contributed by atoms with Crippen LogP contribution in [0.4, 0.5) is 0 Å². The van der Waals surface area contributed by atoms with Gasteiger partial charge in [-0.1, -0.05) is 243 Å². The zero-order chi connectivity index (χ0) is 55.3. The van der Waals surface area contributed by atoms with E-state index in [0.717, 1.165) is 44.9 Å². The molecule has 0 aromatic carbocycles. The minimum absolute atomic E-state index is 0.250. The van der Waals surface area contributed by atoms with Crippen LogP contribution in [0.3, 0.4) is 0 Å². The van der Waals surface area contributed by atoms with Gasteiger partial charge < -0.3 is 65.1 Å². The molecular formula is C62H115NO13. The van der Waals surface area contributed by atoms with Crippen molar-refractivity contribution in [1.82, 2.24) is 5.32 Å². The molecule has 14 heteroatoms. The Labute approximate surface area is 461 Å². The van der Waals surface area contributed by atoms with Gasteiger partial charge in [0.1, 0.15) is 48.8 Å². The molecule has 14 nitrogen and oxygen atoms in total. The summed E-state index contributed by atoms with van der Waals surface area (Å²) in [5, 5.41) is 87.0. The maximum atomic E-state index is 13.3. The highest BCUT2D eigenvalue weighted by atomic mass is 16.7. The van der Waals surface area contributed by atoms with Crippen LogP contribution in [-0.4, -0.2) is 140 Å². The second-order valence-electron chi connectivity index (χ2n) is 22.2. The van der Waals surface area contributed by atoms with Gasteiger partial charge in [-0.25, -0.2) is 0 Å². The summed E-state index contributed by atoms with van der Waals surface area (Å²) in [5.41, 5.74) is 0. The molecular weight excluding hydrogens is 967 g/mol. The lowest BCUT2D eigenvalue weighted by Crippen LogP contribution is -2.65. The molecule has 0 bridgehead atoms. The van der Waals surface area contributed by atoms with Crippen molar-refractivity contribution >= 4 is 5.91 Å². The Morgan fingerprint density at radius 1 is 0.461 bits per heavy atom. The third kappa shape index (κ3) is 33.1. The number of unbranched alkanes of at least 4 members (excludes halogenated alkanes) is 33. The molecule has 446 valence electrons. The molecule has 0 radical (unpaired) electrons. The number of carbonyl (C=O) groups is 1. The van der Waals surface area contributed by atoms with Gasteiger partial charge in [0, 0.05) is 6.42 Å². The molecule has 2 aliphatic rings. The fourth-order valence-electron chi connectivity index (χ4n) is 10.3. The number of rotatable bonds is 50. The van der Waals surface area contributed by atoms with Crippen LogP contribution in [0.25, 0.3) is 0 Å². The van der Waals surface area contributed by atoms with E-state index in [2.05, 4.69) is 43.5 Å². The van der Waals surface area contributed by atoms with Gasteiger partial charge >= 0.3 is 0 Å². The number of ether oxygens (including phenoxy) is 4. The van der Waals surface area contributed by atoms with Crippen LogP contribution in [0.2, 0.25) is 0 Å². The maximum absolute atomic E-state index is 13.3. The average molecular weight is 1080 g/mol. The number of aliphatic hydroxyl groups excluding tert-OH is 8. The van der Waals surface area contributed by atoms with Gasteiger partial charge in [0.15, 0.2) is 12.6 Å². The van der Waals surface area contributed by atoms with Gasteiger partial charge in [-0.3, -0.25) is 4.79 Å². The predicted octanol–water partition coefficient (Wildman–Crippen LogP) is 11.0. The van der Waals surface area contributed by atoms with E-state index < -0.39 is 86.8 Å². The summed E-state index contributed by atoms with van der Waals surface area (Å²) in [5.74, 6) is -0.250. The molecule has 2 rings (SSSR count). The number of aliphatic hydroxyl groups is 8. The quantitative estimate of drug-likeness (QED) is 0.0204. The Kier molecular flexibility index (Phi) is 44.4.